The molecule has 0 spiro atoms. The van der Waals surface area contributed by atoms with Crippen LogP contribution in [0.5, 0.6) is 11.5 Å². The van der Waals surface area contributed by atoms with Gasteiger partial charge in [0.1, 0.15) is 11.5 Å². The van der Waals surface area contributed by atoms with Crippen LogP contribution in [-0.4, -0.2) is 14.3 Å². The van der Waals surface area contributed by atoms with E-state index in [1.54, 1.807) is 48.5 Å². The number of rotatable bonds is 10. The molecule has 0 fully saturated rings. The van der Waals surface area contributed by atoms with Crippen molar-refractivity contribution in [3.8, 4) is 11.5 Å². The second kappa shape index (κ2) is 11.7. The molecule has 1 amide bonds. The van der Waals surface area contributed by atoms with Gasteiger partial charge in [-0.15, -0.1) is 0 Å². The van der Waals surface area contributed by atoms with Crippen LogP contribution < -0.4 is 14.8 Å². The van der Waals surface area contributed by atoms with Gasteiger partial charge >= 0.3 is 0 Å². The number of benzene rings is 4. The van der Waals surface area contributed by atoms with Crippen LogP contribution in [0, 0.1) is 0 Å². The van der Waals surface area contributed by atoms with Crippen molar-refractivity contribution in [3.63, 3.8) is 0 Å². The highest BCUT2D eigenvalue weighted by molar-refractivity contribution is 7.89. The zero-order valence-corrected chi connectivity index (χ0v) is 20.7. The molecule has 1 atom stereocenters. The summed E-state index contributed by atoms with van der Waals surface area (Å²) in [7, 11) is -3.66. The predicted molar refractivity (Wildman–Crippen MR) is 142 cm³/mol. The van der Waals surface area contributed by atoms with Crippen molar-refractivity contribution >= 4 is 21.6 Å². The summed E-state index contributed by atoms with van der Waals surface area (Å²) in [6, 6.07) is 32.3. The van der Waals surface area contributed by atoms with Crippen molar-refractivity contribution in [2.75, 3.05) is 5.32 Å². The standard InChI is InChI=1S/C29H28N2O4S/c1-22(24-8-4-2-5-9-24)31-36(33,34)28-19-12-23(13-20-28)14-21-29(32)30-25-15-17-27(18-16-25)35-26-10-6-3-7-11-26/h2-13,15-20,22,31H,14,21H2,1H3,(H,30,32)/t22-/m0/s1. The van der Waals surface area contributed by atoms with Gasteiger partial charge in [0, 0.05) is 18.2 Å². The minimum Gasteiger partial charge on any atom is -0.457 e. The minimum absolute atomic E-state index is 0.123. The second-order valence-corrected chi connectivity index (χ2v) is 10.1. The van der Waals surface area contributed by atoms with E-state index in [4.69, 9.17) is 4.74 Å². The SMILES string of the molecule is C[C@H](NS(=O)(=O)c1ccc(CCC(=O)Nc2ccc(Oc3ccccc3)cc2)cc1)c1ccccc1. The molecule has 184 valence electrons. The maximum Gasteiger partial charge on any atom is 0.241 e. The van der Waals surface area contributed by atoms with Gasteiger partial charge in [-0.1, -0.05) is 60.7 Å². The van der Waals surface area contributed by atoms with Crippen molar-refractivity contribution in [2.45, 2.75) is 30.7 Å². The molecule has 0 aliphatic carbocycles. The molecule has 0 aliphatic heterocycles. The number of amides is 1. The van der Waals surface area contributed by atoms with Crippen LogP contribution in [-0.2, 0) is 21.2 Å². The molecule has 4 rings (SSSR count). The van der Waals surface area contributed by atoms with Crippen LogP contribution in [0.15, 0.2) is 114 Å². The zero-order valence-electron chi connectivity index (χ0n) is 19.9. The molecule has 0 radical (unpaired) electrons. The van der Waals surface area contributed by atoms with Crippen LogP contribution in [0.2, 0.25) is 0 Å². The van der Waals surface area contributed by atoms with Crippen molar-refractivity contribution in [3.05, 3.63) is 120 Å². The first-order valence-electron chi connectivity index (χ1n) is 11.7. The molecular weight excluding hydrogens is 472 g/mol. The van der Waals surface area contributed by atoms with Crippen molar-refractivity contribution in [1.82, 2.24) is 4.72 Å². The molecule has 7 heteroatoms. The van der Waals surface area contributed by atoms with Crippen molar-refractivity contribution < 1.29 is 17.9 Å². The lowest BCUT2D eigenvalue weighted by atomic mass is 10.1. The first kappa shape index (κ1) is 25.2. The summed E-state index contributed by atoms with van der Waals surface area (Å²) in [6.07, 6.45) is 0.771. The van der Waals surface area contributed by atoms with Crippen molar-refractivity contribution in [1.29, 1.82) is 0 Å². The number of anilines is 1. The van der Waals surface area contributed by atoms with Crippen LogP contribution in [0.4, 0.5) is 5.69 Å². The van der Waals surface area contributed by atoms with E-state index in [0.717, 1.165) is 16.9 Å². The average Bonchev–Trinajstić information content (AvgIpc) is 2.90. The summed E-state index contributed by atoms with van der Waals surface area (Å²) >= 11 is 0. The summed E-state index contributed by atoms with van der Waals surface area (Å²) in [4.78, 5) is 12.6. The van der Waals surface area contributed by atoms with E-state index in [1.807, 2.05) is 67.6 Å². The van der Waals surface area contributed by atoms with Crippen LogP contribution in [0.25, 0.3) is 0 Å². The van der Waals surface area contributed by atoms with Gasteiger partial charge in [-0.2, -0.15) is 0 Å². The maximum atomic E-state index is 12.7. The molecule has 0 saturated carbocycles. The van der Waals surface area contributed by atoms with E-state index < -0.39 is 10.0 Å². The zero-order chi connectivity index (χ0) is 25.4. The fourth-order valence-electron chi connectivity index (χ4n) is 3.66. The number of sulfonamides is 1. The second-order valence-electron chi connectivity index (χ2n) is 8.39. The normalized spacial score (nSPS) is 12.0. The van der Waals surface area contributed by atoms with E-state index in [-0.39, 0.29) is 23.3 Å². The monoisotopic (exact) mass is 500 g/mol. The lowest BCUT2D eigenvalue weighted by Crippen LogP contribution is -2.26. The highest BCUT2D eigenvalue weighted by Crippen LogP contribution is 2.23. The Hall–Kier alpha value is -3.94. The smallest absolute Gasteiger partial charge is 0.241 e. The molecule has 4 aromatic carbocycles. The first-order chi connectivity index (χ1) is 17.4. The third kappa shape index (κ3) is 7.04. The van der Waals surface area contributed by atoms with E-state index in [1.165, 1.54) is 0 Å². The van der Waals surface area contributed by atoms with Gasteiger partial charge in [-0.05, 0) is 73.0 Å². The van der Waals surface area contributed by atoms with Gasteiger partial charge in [0.05, 0.1) is 4.90 Å². The Bertz CT molecular complexity index is 1370. The lowest BCUT2D eigenvalue weighted by Gasteiger charge is -2.15. The molecule has 0 aromatic heterocycles. The molecule has 6 nitrogen and oxygen atoms in total. The van der Waals surface area contributed by atoms with Crippen LogP contribution in [0.1, 0.15) is 30.5 Å². The number of aryl methyl sites for hydroxylation is 1. The lowest BCUT2D eigenvalue weighted by molar-refractivity contribution is -0.116. The predicted octanol–water partition coefficient (Wildman–Crippen LogP) is 6.09. The Morgan fingerprint density at radius 3 is 2.00 bits per heavy atom. The van der Waals surface area contributed by atoms with Gasteiger partial charge in [0.15, 0.2) is 0 Å². The average molecular weight is 501 g/mol. The summed E-state index contributed by atoms with van der Waals surface area (Å²) in [5.41, 5.74) is 2.45. The number of hydrogen-bond donors (Lipinski definition) is 2. The number of carbonyl (C=O) groups excluding carboxylic acids is 1. The topological polar surface area (TPSA) is 84.5 Å². The minimum atomic E-state index is -3.66. The van der Waals surface area contributed by atoms with E-state index in [9.17, 15) is 13.2 Å². The molecule has 2 N–H and O–H groups in total. The fraction of sp³-hybridized carbons (Fsp3) is 0.138. The van der Waals surface area contributed by atoms with Gasteiger partial charge in [-0.25, -0.2) is 13.1 Å². The summed E-state index contributed by atoms with van der Waals surface area (Å²) in [6.45, 7) is 1.81. The quantitative estimate of drug-likeness (QED) is 0.276. The highest BCUT2D eigenvalue weighted by Gasteiger charge is 2.18. The van der Waals surface area contributed by atoms with E-state index >= 15 is 0 Å². The third-order valence-electron chi connectivity index (χ3n) is 5.62. The Morgan fingerprint density at radius 2 is 1.36 bits per heavy atom. The number of hydrogen-bond acceptors (Lipinski definition) is 4. The molecule has 0 heterocycles. The molecule has 0 bridgehead atoms. The Morgan fingerprint density at radius 1 is 0.778 bits per heavy atom. The molecule has 36 heavy (non-hydrogen) atoms. The molecule has 0 aliphatic rings. The largest absolute Gasteiger partial charge is 0.457 e. The van der Waals surface area contributed by atoms with E-state index in [2.05, 4.69) is 10.0 Å². The first-order valence-corrected chi connectivity index (χ1v) is 13.2. The number of para-hydroxylation sites is 1. The molecule has 0 saturated heterocycles. The molecule has 4 aromatic rings. The molecular formula is C29H28N2O4S. The third-order valence-corrected chi connectivity index (χ3v) is 7.18. The Labute approximate surface area is 212 Å². The number of ether oxygens (including phenoxy) is 1. The van der Waals surface area contributed by atoms with Crippen molar-refractivity contribution in [2.24, 2.45) is 0 Å². The maximum absolute atomic E-state index is 12.7. The highest BCUT2D eigenvalue weighted by atomic mass is 32.2. The molecule has 0 unspecified atom stereocenters. The van der Waals surface area contributed by atoms with Gasteiger partial charge in [-0.3, -0.25) is 4.79 Å². The number of carbonyl (C=O) groups is 1. The summed E-state index contributed by atoms with van der Waals surface area (Å²) in [5, 5.41) is 2.88. The summed E-state index contributed by atoms with van der Waals surface area (Å²) in [5.74, 6) is 1.30. The van der Waals surface area contributed by atoms with Gasteiger partial charge in [0.2, 0.25) is 15.9 Å². The Balaban J connectivity index is 1.27. The summed E-state index contributed by atoms with van der Waals surface area (Å²) < 4.78 is 33.9. The van der Waals surface area contributed by atoms with Gasteiger partial charge < -0.3 is 10.1 Å². The van der Waals surface area contributed by atoms with E-state index in [0.29, 0.717) is 17.9 Å². The Kier molecular flexibility index (Phi) is 8.15. The number of nitrogens with one attached hydrogen (secondary N) is 2. The van der Waals surface area contributed by atoms with Crippen LogP contribution in [0.3, 0.4) is 0 Å². The fourth-order valence-corrected chi connectivity index (χ4v) is 4.89. The van der Waals surface area contributed by atoms with Crippen LogP contribution >= 0.6 is 0 Å². The van der Waals surface area contributed by atoms with Gasteiger partial charge in [0.25, 0.3) is 0 Å².